The monoisotopic (exact) mass is 246 g/mol. The van der Waals surface area contributed by atoms with Crippen LogP contribution in [0.1, 0.15) is 11.3 Å². The van der Waals surface area contributed by atoms with Crippen molar-refractivity contribution in [1.29, 1.82) is 0 Å². The van der Waals surface area contributed by atoms with E-state index in [1.807, 2.05) is 0 Å². The highest BCUT2D eigenvalue weighted by Gasteiger charge is 2.31. The van der Waals surface area contributed by atoms with Gasteiger partial charge >= 0.3 is 12.1 Å². The molecule has 7 heteroatoms. The molecule has 0 aliphatic heterocycles. The lowest BCUT2D eigenvalue weighted by atomic mass is 10.1. The Morgan fingerprint density at radius 3 is 2.41 bits per heavy atom. The number of nitrogens with two attached hydrogens (primary N) is 1. The quantitative estimate of drug-likeness (QED) is 0.847. The van der Waals surface area contributed by atoms with E-state index in [0.29, 0.717) is 6.20 Å². The number of carbonyl (C=O) groups is 1. The highest BCUT2D eigenvalue weighted by molar-refractivity contribution is 5.89. The first kappa shape index (κ1) is 13.2. The summed E-state index contributed by atoms with van der Waals surface area (Å²) in [6, 6.07) is 0.440. The third-order valence-electron chi connectivity index (χ3n) is 2.06. The molecule has 0 saturated heterocycles. The second-order valence-electron chi connectivity index (χ2n) is 3.27. The van der Waals surface area contributed by atoms with Gasteiger partial charge < -0.3 is 10.8 Å². The maximum atomic E-state index is 12.2. The summed E-state index contributed by atoms with van der Waals surface area (Å²) < 4.78 is 36.7. The fourth-order valence-corrected chi connectivity index (χ4v) is 1.06. The Bertz CT molecular complexity index is 440. The van der Waals surface area contributed by atoms with Gasteiger partial charge in [-0.1, -0.05) is 6.58 Å². The fourth-order valence-electron chi connectivity index (χ4n) is 1.06. The van der Waals surface area contributed by atoms with E-state index >= 15 is 0 Å². The second kappa shape index (κ2) is 4.54. The van der Waals surface area contributed by atoms with Crippen molar-refractivity contribution in [2.75, 3.05) is 0 Å². The number of hydrogen-bond acceptors (Lipinski definition) is 3. The molecule has 0 amide bonds. The van der Waals surface area contributed by atoms with Crippen LogP contribution in [0.4, 0.5) is 13.2 Å². The maximum Gasteiger partial charge on any atom is 0.417 e. The number of carboxylic acid groups (broad SMARTS) is 1. The Hall–Kier alpha value is -1.89. The lowest BCUT2D eigenvalue weighted by molar-refractivity contribution is -0.138. The van der Waals surface area contributed by atoms with Gasteiger partial charge in [0.15, 0.2) is 0 Å². The van der Waals surface area contributed by atoms with Crippen LogP contribution >= 0.6 is 0 Å². The summed E-state index contributed by atoms with van der Waals surface area (Å²) in [5, 5.41) is 8.60. The molecule has 0 aliphatic rings. The summed E-state index contributed by atoms with van der Waals surface area (Å²) in [6.07, 6.45) is -3.88. The van der Waals surface area contributed by atoms with Gasteiger partial charge in [0.2, 0.25) is 0 Å². The smallest absolute Gasteiger partial charge is 0.417 e. The van der Waals surface area contributed by atoms with Crippen LogP contribution in [-0.4, -0.2) is 22.1 Å². The zero-order valence-electron chi connectivity index (χ0n) is 8.53. The Morgan fingerprint density at radius 1 is 1.47 bits per heavy atom. The molecule has 0 radical (unpaired) electrons. The minimum Gasteiger partial charge on any atom is -0.480 e. The van der Waals surface area contributed by atoms with Gasteiger partial charge in [-0.15, -0.1) is 0 Å². The first-order valence-corrected chi connectivity index (χ1v) is 4.44. The number of hydrogen-bond donors (Lipinski definition) is 2. The molecule has 92 valence electrons. The minimum absolute atomic E-state index is 0.0212. The van der Waals surface area contributed by atoms with Gasteiger partial charge in [0.25, 0.3) is 0 Å². The molecule has 17 heavy (non-hydrogen) atoms. The van der Waals surface area contributed by atoms with Crippen molar-refractivity contribution in [1.82, 2.24) is 4.98 Å². The van der Waals surface area contributed by atoms with Crippen molar-refractivity contribution in [3.8, 4) is 0 Å². The number of carboxylic acids is 1. The molecule has 3 N–H and O–H groups in total. The van der Waals surface area contributed by atoms with Gasteiger partial charge in [0.05, 0.1) is 11.3 Å². The van der Waals surface area contributed by atoms with Crippen molar-refractivity contribution in [2.45, 2.75) is 12.2 Å². The molecule has 0 saturated carbocycles. The SMILES string of the molecule is C=C(c1ccc(C(F)(F)F)cn1)[C@@H](N)C(=O)O. The molecule has 4 nitrogen and oxygen atoms in total. The third kappa shape index (κ3) is 3.04. The number of alkyl halides is 3. The third-order valence-corrected chi connectivity index (χ3v) is 2.06. The Labute approximate surface area is 94.6 Å². The van der Waals surface area contributed by atoms with Crippen LogP contribution < -0.4 is 5.73 Å². The average Bonchev–Trinajstić information content (AvgIpc) is 2.26. The summed E-state index contributed by atoms with van der Waals surface area (Å²) in [5.41, 5.74) is 4.31. The largest absolute Gasteiger partial charge is 0.480 e. The van der Waals surface area contributed by atoms with Gasteiger partial charge in [0.1, 0.15) is 6.04 Å². The van der Waals surface area contributed by atoms with Crippen molar-refractivity contribution in [3.63, 3.8) is 0 Å². The minimum atomic E-state index is -4.48. The van der Waals surface area contributed by atoms with E-state index in [0.717, 1.165) is 12.1 Å². The molecular formula is C10H9F3N2O2. The lowest BCUT2D eigenvalue weighted by Gasteiger charge is -2.11. The van der Waals surface area contributed by atoms with Gasteiger partial charge in [-0.3, -0.25) is 9.78 Å². The fraction of sp³-hybridized carbons (Fsp3) is 0.200. The number of aliphatic carboxylic acids is 1. The molecule has 0 fully saturated rings. The first-order valence-electron chi connectivity index (χ1n) is 4.44. The normalized spacial score (nSPS) is 13.2. The number of nitrogens with zero attached hydrogens (tertiary/aromatic N) is 1. The summed E-state index contributed by atoms with van der Waals surface area (Å²) >= 11 is 0. The molecule has 0 aromatic carbocycles. The van der Waals surface area contributed by atoms with E-state index < -0.39 is 23.8 Å². The number of aromatic nitrogens is 1. The Balaban J connectivity index is 2.96. The highest BCUT2D eigenvalue weighted by atomic mass is 19.4. The number of halogens is 3. The Morgan fingerprint density at radius 2 is 2.06 bits per heavy atom. The molecule has 0 aliphatic carbocycles. The van der Waals surface area contributed by atoms with Crippen LogP contribution in [-0.2, 0) is 11.0 Å². The van der Waals surface area contributed by atoms with E-state index in [1.54, 1.807) is 0 Å². The highest BCUT2D eigenvalue weighted by Crippen LogP contribution is 2.29. The molecule has 1 aromatic rings. The zero-order valence-corrected chi connectivity index (χ0v) is 8.53. The van der Waals surface area contributed by atoms with Crippen LogP contribution in [0.5, 0.6) is 0 Å². The van der Waals surface area contributed by atoms with Gasteiger partial charge in [-0.05, 0) is 17.7 Å². The summed E-state index contributed by atoms with van der Waals surface area (Å²) in [7, 11) is 0. The van der Waals surface area contributed by atoms with Crippen molar-refractivity contribution in [3.05, 3.63) is 36.2 Å². The number of rotatable bonds is 3. The number of pyridine rings is 1. The molecule has 1 aromatic heterocycles. The van der Waals surface area contributed by atoms with E-state index in [2.05, 4.69) is 11.6 Å². The molecule has 0 bridgehead atoms. The van der Waals surface area contributed by atoms with Crippen molar-refractivity contribution < 1.29 is 23.1 Å². The molecule has 1 atom stereocenters. The van der Waals surface area contributed by atoms with E-state index in [-0.39, 0.29) is 11.3 Å². The summed E-state index contributed by atoms with van der Waals surface area (Å²) in [5.74, 6) is -1.32. The maximum absolute atomic E-state index is 12.2. The van der Waals surface area contributed by atoms with Crippen LogP contribution in [0.2, 0.25) is 0 Å². The van der Waals surface area contributed by atoms with Gasteiger partial charge in [-0.25, -0.2) is 0 Å². The molecular weight excluding hydrogens is 237 g/mol. The van der Waals surface area contributed by atoms with Crippen molar-refractivity contribution >= 4 is 11.5 Å². The molecule has 1 rings (SSSR count). The van der Waals surface area contributed by atoms with E-state index in [1.165, 1.54) is 0 Å². The van der Waals surface area contributed by atoms with Crippen LogP contribution in [0.25, 0.3) is 5.57 Å². The van der Waals surface area contributed by atoms with Gasteiger partial charge in [0, 0.05) is 6.20 Å². The topological polar surface area (TPSA) is 76.2 Å². The lowest BCUT2D eigenvalue weighted by Crippen LogP contribution is -2.31. The van der Waals surface area contributed by atoms with Crippen LogP contribution in [0.15, 0.2) is 24.9 Å². The van der Waals surface area contributed by atoms with Crippen LogP contribution in [0, 0.1) is 0 Å². The van der Waals surface area contributed by atoms with E-state index in [9.17, 15) is 18.0 Å². The predicted octanol–water partition coefficient (Wildman–Crippen LogP) is 1.53. The summed E-state index contributed by atoms with van der Waals surface area (Å²) in [4.78, 5) is 14.0. The average molecular weight is 246 g/mol. The Kier molecular flexibility index (Phi) is 3.52. The molecule has 0 spiro atoms. The zero-order chi connectivity index (χ0) is 13.2. The predicted molar refractivity (Wildman–Crippen MR) is 53.9 cm³/mol. The first-order chi connectivity index (χ1) is 7.73. The summed E-state index contributed by atoms with van der Waals surface area (Å²) in [6.45, 7) is 3.39. The molecule has 1 heterocycles. The standard InChI is InChI=1S/C10H9F3N2O2/c1-5(8(14)9(16)17)7-3-2-6(4-15-7)10(11,12)13/h2-4,8H,1,14H2,(H,16,17)/t8-/m1/s1. The van der Waals surface area contributed by atoms with Crippen LogP contribution in [0.3, 0.4) is 0 Å². The molecule has 0 unspecified atom stereocenters. The van der Waals surface area contributed by atoms with E-state index in [4.69, 9.17) is 10.8 Å². The van der Waals surface area contributed by atoms with Gasteiger partial charge in [-0.2, -0.15) is 13.2 Å². The van der Waals surface area contributed by atoms with Crippen molar-refractivity contribution in [2.24, 2.45) is 5.73 Å². The second-order valence-corrected chi connectivity index (χ2v) is 3.27.